The summed E-state index contributed by atoms with van der Waals surface area (Å²) in [5.74, 6) is 2.09. The van der Waals surface area contributed by atoms with Crippen molar-refractivity contribution in [2.45, 2.75) is 18.8 Å². The molecule has 2 aliphatic rings. The van der Waals surface area contributed by atoms with Gasteiger partial charge in [0.25, 0.3) is 5.91 Å². The first-order valence-corrected chi connectivity index (χ1v) is 10.1. The minimum Gasteiger partial charge on any atom is -0.484 e. The number of hydrogen-bond donors (Lipinski definition) is 0. The third kappa shape index (κ3) is 3.70. The second-order valence-electron chi connectivity index (χ2n) is 7.69. The van der Waals surface area contributed by atoms with Crippen molar-refractivity contribution < 1.29 is 14.3 Å². The Hall–Kier alpha value is -2.93. The summed E-state index contributed by atoms with van der Waals surface area (Å²) in [6, 6.07) is 8.10. The van der Waals surface area contributed by atoms with Crippen molar-refractivity contribution in [2.75, 3.05) is 32.9 Å². The lowest BCUT2D eigenvalue weighted by Gasteiger charge is -2.26. The number of rotatable bonds is 5. The smallest absolute Gasteiger partial charge is 0.260 e. The predicted molar refractivity (Wildman–Crippen MR) is 109 cm³/mol. The molecule has 1 aromatic carbocycles. The van der Waals surface area contributed by atoms with Gasteiger partial charge in [-0.15, -0.1) is 0 Å². The van der Waals surface area contributed by atoms with Crippen LogP contribution in [0.25, 0.3) is 22.4 Å². The summed E-state index contributed by atoms with van der Waals surface area (Å²) in [4.78, 5) is 23.4. The third-order valence-electron chi connectivity index (χ3n) is 5.61. The van der Waals surface area contributed by atoms with Crippen LogP contribution in [0.4, 0.5) is 0 Å². The van der Waals surface area contributed by atoms with Crippen molar-refractivity contribution in [1.82, 2.24) is 19.4 Å². The molecule has 5 rings (SSSR count). The third-order valence-corrected chi connectivity index (χ3v) is 5.61. The van der Waals surface area contributed by atoms with Crippen LogP contribution in [0, 0.1) is 0 Å². The Morgan fingerprint density at radius 1 is 1.24 bits per heavy atom. The molecule has 7 heteroatoms. The van der Waals surface area contributed by atoms with Crippen LogP contribution < -0.4 is 4.74 Å². The number of pyridine rings is 1. The average Bonchev–Trinajstić information content (AvgIpc) is 3.52. The second kappa shape index (κ2) is 7.48. The molecule has 29 heavy (non-hydrogen) atoms. The summed E-state index contributed by atoms with van der Waals surface area (Å²) < 4.78 is 13.1. The Morgan fingerprint density at radius 2 is 2.07 bits per heavy atom. The highest BCUT2D eigenvalue weighted by Crippen LogP contribution is 2.44. The lowest BCUT2D eigenvalue weighted by atomic mass is 10.0. The largest absolute Gasteiger partial charge is 0.484 e. The van der Waals surface area contributed by atoms with Gasteiger partial charge in [0.15, 0.2) is 12.4 Å². The quantitative estimate of drug-likeness (QED) is 0.668. The lowest BCUT2D eigenvalue weighted by Crippen LogP contribution is -2.42. The maximum atomic E-state index is 12.4. The van der Waals surface area contributed by atoms with E-state index in [-0.39, 0.29) is 12.5 Å². The van der Waals surface area contributed by atoms with Crippen molar-refractivity contribution >= 4 is 16.8 Å². The van der Waals surface area contributed by atoms with Gasteiger partial charge in [-0.1, -0.05) is 0 Å². The fraction of sp³-hybridized carbons (Fsp3) is 0.409. The van der Waals surface area contributed by atoms with Crippen LogP contribution in [0.5, 0.6) is 5.75 Å². The molecular weight excluding hydrogens is 368 g/mol. The van der Waals surface area contributed by atoms with Crippen molar-refractivity contribution in [3.8, 4) is 17.3 Å². The first kappa shape index (κ1) is 18.1. The van der Waals surface area contributed by atoms with Gasteiger partial charge >= 0.3 is 0 Å². The van der Waals surface area contributed by atoms with Gasteiger partial charge in [-0.05, 0) is 42.5 Å². The fourth-order valence-electron chi connectivity index (χ4n) is 3.83. The van der Waals surface area contributed by atoms with Gasteiger partial charge in [-0.2, -0.15) is 0 Å². The molecule has 0 spiro atoms. The Kier molecular flexibility index (Phi) is 4.67. The van der Waals surface area contributed by atoms with Crippen molar-refractivity contribution in [3.05, 3.63) is 42.2 Å². The number of aromatic nitrogens is 3. The van der Waals surface area contributed by atoms with E-state index in [1.807, 2.05) is 29.9 Å². The number of fused-ring (bicyclic) bond motifs is 1. The molecule has 2 aromatic heterocycles. The van der Waals surface area contributed by atoms with Crippen LogP contribution in [0.15, 0.2) is 36.7 Å². The Labute approximate surface area is 169 Å². The number of carbonyl (C=O) groups is 1. The van der Waals surface area contributed by atoms with E-state index in [2.05, 4.69) is 17.1 Å². The van der Waals surface area contributed by atoms with Gasteiger partial charge in [0.2, 0.25) is 0 Å². The number of benzene rings is 1. The lowest BCUT2D eigenvalue weighted by molar-refractivity contribution is -0.137. The molecule has 0 radical (unpaired) electrons. The summed E-state index contributed by atoms with van der Waals surface area (Å²) in [7, 11) is 1.97. The highest BCUT2D eigenvalue weighted by Gasteiger charge is 2.27. The topological polar surface area (TPSA) is 69.5 Å². The molecule has 0 bridgehead atoms. The minimum absolute atomic E-state index is 0.0122. The van der Waals surface area contributed by atoms with Crippen molar-refractivity contribution in [2.24, 2.45) is 7.05 Å². The standard InChI is InChI=1S/C22H24N4O3/c1-25-7-6-23-22(25)20-13-18(15-2-3-15)17-5-4-16(12-19(17)24-20)29-14-21(27)26-8-10-28-11-9-26/h4-7,12-13,15H,2-3,8-11,14H2,1H3. The number of amides is 1. The summed E-state index contributed by atoms with van der Waals surface area (Å²) in [6.07, 6.45) is 6.14. The number of imidazole rings is 1. The highest BCUT2D eigenvalue weighted by atomic mass is 16.5. The minimum atomic E-state index is -0.0122. The van der Waals surface area contributed by atoms with E-state index in [9.17, 15) is 4.79 Å². The van der Waals surface area contributed by atoms with Crippen LogP contribution in [0.3, 0.4) is 0 Å². The normalized spacial score (nSPS) is 16.9. The monoisotopic (exact) mass is 392 g/mol. The summed E-state index contributed by atoms with van der Waals surface area (Å²) in [6.45, 7) is 2.45. The van der Waals surface area contributed by atoms with Crippen LogP contribution in [0.1, 0.15) is 24.3 Å². The molecule has 3 aromatic rings. The molecule has 150 valence electrons. The zero-order valence-electron chi connectivity index (χ0n) is 16.5. The first-order valence-electron chi connectivity index (χ1n) is 10.1. The molecule has 1 saturated heterocycles. The molecule has 1 aliphatic heterocycles. The van der Waals surface area contributed by atoms with E-state index in [4.69, 9.17) is 14.5 Å². The van der Waals surface area contributed by atoms with E-state index < -0.39 is 0 Å². The average molecular weight is 392 g/mol. The van der Waals surface area contributed by atoms with E-state index in [0.29, 0.717) is 38.0 Å². The molecule has 7 nitrogen and oxygen atoms in total. The number of morpholine rings is 1. The first-order chi connectivity index (χ1) is 14.2. The van der Waals surface area contributed by atoms with Gasteiger partial charge in [-0.25, -0.2) is 9.97 Å². The molecule has 3 heterocycles. The molecule has 1 aliphatic carbocycles. The van der Waals surface area contributed by atoms with Gasteiger partial charge in [0.05, 0.1) is 18.7 Å². The van der Waals surface area contributed by atoms with E-state index in [1.165, 1.54) is 18.4 Å². The second-order valence-corrected chi connectivity index (χ2v) is 7.69. The maximum absolute atomic E-state index is 12.4. The van der Waals surface area contributed by atoms with Crippen LogP contribution in [-0.4, -0.2) is 58.3 Å². The Balaban J connectivity index is 1.42. The summed E-state index contributed by atoms with van der Waals surface area (Å²) in [5.41, 5.74) is 3.07. The van der Waals surface area contributed by atoms with Gasteiger partial charge in [0.1, 0.15) is 11.4 Å². The molecular formula is C22H24N4O3. The Morgan fingerprint density at radius 3 is 2.79 bits per heavy atom. The van der Waals surface area contributed by atoms with Crippen molar-refractivity contribution in [3.63, 3.8) is 0 Å². The molecule has 2 fully saturated rings. The van der Waals surface area contributed by atoms with Crippen LogP contribution in [-0.2, 0) is 16.6 Å². The number of carbonyl (C=O) groups excluding carboxylic acids is 1. The summed E-state index contributed by atoms with van der Waals surface area (Å²) in [5, 5.41) is 1.15. The number of hydrogen-bond acceptors (Lipinski definition) is 5. The summed E-state index contributed by atoms with van der Waals surface area (Å²) >= 11 is 0. The number of nitrogens with zero attached hydrogens (tertiary/aromatic N) is 4. The molecule has 1 amide bonds. The zero-order chi connectivity index (χ0) is 19.8. The van der Waals surface area contributed by atoms with Gasteiger partial charge < -0.3 is 18.9 Å². The van der Waals surface area contributed by atoms with E-state index in [1.54, 1.807) is 11.1 Å². The predicted octanol–water partition coefficient (Wildman–Crippen LogP) is 2.75. The van der Waals surface area contributed by atoms with Gasteiger partial charge in [-0.3, -0.25) is 4.79 Å². The molecule has 0 N–H and O–H groups in total. The molecule has 0 atom stereocenters. The highest BCUT2D eigenvalue weighted by molar-refractivity contribution is 5.87. The van der Waals surface area contributed by atoms with E-state index >= 15 is 0 Å². The number of ether oxygens (including phenoxy) is 2. The van der Waals surface area contributed by atoms with Crippen molar-refractivity contribution in [1.29, 1.82) is 0 Å². The van der Waals surface area contributed by atoms with Crippen LogP contribution >= 0.6 is 0 Å². The van der Waals surface area contributed by atoms with E-state index in [0.717, 1.165) is 22.4 Å². The SMILES string of the molecule is Cn1ccnc1-c1cc(C2CC2)c2ccc(OCC(=O)N3CCOCC3)cc2n1. The van der Waals surface area contributed by atoms with Gasteiger partial charge in [0, 0.05) is 44.0 Å². The fourth-order valence-corrected chi connectivity index (χ4v) is 3.83. The Bertz CT molecular complexity index is 1050. The molecule has 0 unspecified atom stereocenters. The maximum Gasteiger partial charge on any atom is 0.260 e. The molecule has 1 saturated carbocycles. The number of aryl methyl sites for hydroxylation is 1. The van der Waals surface area contributed by atoms with Crippen LogP contribution in [0.2, 0.25) is 0 Å². The zero-order valence-corrected chi connectivity index (χ0v) is 16.5.